The van der Waals surface area contributed by atoms with Gasteiger partial charge in [-0.2, -0.15) is 0 Å². The SMILES string of the molecule is C=CC(=O)N1CCC(Nc2ccc3ccn(C)c(=O)c3c2)C1. The van der Waals surface area contributed by atoms with Crippen LogP contribution in [0.2, 0.25) is 0 Å². The van der Waals surface area contributed by atoms with Crippen LogP contribution in [0.4, 0.5) is 5.69 Å². The smallest absolute Gasteiger partial charge is 0.258 e. The number of nitrogens with zero attached hydrogens (tertiary/aromatic N) is 2. The second kappa shape index (κ2) is 5.67. The number of carbonyl (C=O) groups excluding carboxylic acids is 1. The zero-order valence-corrected chi connectivity index (χ0v) is 12.6. The number of hydrogen-bond acceptors (Lipinski definition) is 3. The number of fused-ring (bicyclic) bond motifs is 1. The van der Waals surface area contributed by atoms with Gasteiger partial charge in [0.1, 0.15) is 0 Å². The van der Waals surface area contributed by atoms with Crippen molar-refractivity contribution in [2.45, 2.75) is 12.5 Å². The second-order valence-electron chi connectivity index (χ2n) is 5.65. The molecule has 0 saturated carbocycles. The normalized spacial score (nSPS) is 17.7. The lowest BCUT2D eigenvalue weighted by Gasteiger charge is -2.16. The van der Waals surface area contributed by atoms with Crippen molar-refractivity contribution in [3.63, 3.8) is 0 Å². The number of nitrogens with one attached hydrogen (secondary N) is 1. The largest absolute Gasteiger partial charge is 0.380 e. The third kappa shape index (κ3) is 2.62. The summed E-state index contributed by atoms with van der Waals surface area (Å²) in [5.74, 6) is -0.0309. The number of rotatable bonds is 3. The first-order valence-corrected chi connectivity index (χ1v) is 7.36. The Balaban J connectivity index is 1.80. The molecule has 22 heavy (non-hydrogen) atoms. The van der Waals surface area contributed by atoms with Crippen LogP contribution in [0.3, 0.4) is 0 Å². The summed E-state index contributed by atoms with van der Waals surface area (Å²) >= 11 is 0. The molecule has 2 heterocycles. The van der Waals surface area contributed by atoms with Crippen LogP contribution in [0, 0.1) is 0 Å². The number of benzene rings is 1. The molecule has 5 nitrogen and oxygen atoms in total. The van der Waals surface area contributed by atoms with E-state index < -0.39 is 0 Å². The number of pyridine rings is 1. The van der Waals surface area contributed by atoms with Crippen LogP contribution in [0.15, 0.2) is 47.9 Å². The van der Waals surface area contributed by atoms with Crippen molar-refractivity contribution in [1.82, 2.24) is 9.47 Å². The summed E-state index contributed by atoms with van der Waals surface area (Å²) in [4.78, 5) is 25.6. The molecule has 1 atom stereocenters. The van der Waals surface area contributed by atoms with Crippen LogP contribution >= 0.6 is 0 Å². The van der Waals surface area contributed by atoms with Gasteiger partial charge in [0.25, 0.3) is 5.56 Å². The predicted octanol–water partition coefficient (Wildman–Crippen LogP) is 1.74. The lowest BCUT2D eigenvalue weighted by molar-refractivity contribution is -0.125. The number of hydrogen-bond donors (Lipinski definition) is 1. The Bertz CT molecular complexity index is 794. The van der Waals surface area contributed by atoms with E-state index in [1.165, 1.54) is 6.08 Å². The molecule has 1 aliphatic rings. The van der Waals surface area contributed by atoms with Crippen molar-refractivity contribution in [1.29, 1.82) is 0 Å². The topological polar surface area (TPSA) is 54.3 Å². The zero-order valence-electron chi connectivity index (χ0n) is 12.6. The molecule has 1 aromatic heterocycles. The van der Waals surface area contributed by atoms with Gasteiger partial charge in [-0.15, -0.1) is 0 Å². The van der Waals surface area contributed by atoms with Gasteiger partial charge in [0.15, 0.2) is 0 Å². The van der Waals surface area contributed by atoms with E-state index >= 15 is 0 Å². The van der Waals surface area contributed by atoms with Gasteiger partial charge in [-0.05, 0) is 36.1 Å². The molecule has 1 unspecified atom stereocenters. The first-order chi connectivity index (χ1) is 10.6. The number of carbonyl (C=O) groups is 1. The van der Waals surface area contributed by atoms with Crippen molar-refractivity contribution >= 4 is 22.4 Å². The van der Waals surface area contributed by atoms with Crippen LogP contribution in [0.5, 0.6) is 0 Å². The molecule has 1 N–H and O–H groups in total. The molecule has 0 spiro atoms. The van der Waals surface area contributed by atoms with E-state index in [4.69, 9.17) is 0 Å². The minimum atomic E-state index is -0.0309. The van der Waals surface area contributed by atoms with Crippen molar-refractivity contribution in [3.05, 3.63) is 53.5 Å². The van der Waals surface area contributed by atoms with E-state index in [-0.39, 0.29) is 17.5 Å². The minimum Gasteiger partial charge on any atom is -0.380 e. The quantitative estimate of drug-likeness (QED) is 0.878. The highest BCUT2D eigenvalue weighted by Crippen LogP contribution is 2.20. The summed E-state index contributed by atoms with van der Waals surface area (Å²) in [5.41, 5.74) is 0.907. The molecule has 0 aliphatic carbocycles. The molecular weight excluding hydrogens is 278 g/mol. The Kier molecular flexibility index (Phi) is 3.71. The lowest BCUT2D eigenvalue weighted by atomic mass is 10.1. The third-order valence-corrected chi connectivity index (χ3v) is 4.13. The maximum atomic E-state index is 12.2. The fourth-order valence-corrected chi connectivity index (χ4v) is 2.87. The molecule has 1 aromatic carbocycles. The summed E-state index contributed by atoms with van der Waals surface area (Å²) < 4.78 is 1.58. The minimum absolute atomic E-state index is 0.00367. The van der Waals surface area contributed by atoms with E-state index in [0.29, 0.717) is 11.9 Å². The highest BCUT2D eigenvalue weighted by Gasteiger charge is 2.24. The number of likely N-dealkylation sites (tertiary alicyclic amines) is 1. The fourth-order valence-electron chi connectivity index (χ4n) is 2.87. The third-order valence-electron chi connectivity index (χ3n) is 4.13. The van der Waals surface area contributed by atoms with E-state index in [1.54, 1.807) is 22.7 Å². The molecule has 0 radical (unpaired) electrons. The Hall–Kier alpha value is -2.56. The Morgan fingerprint density at radius 2 is 2.23 bits per heavy atom. The Morgan fingerprint density at radius 3 is 3.00 bits per heavy atom. The van der Waals surface area contributed by atoms with Crippen LogP contribution < -0.4 is 10.9 Å². The first kappa shape index (κ1) is 14.4. The van der Waals surface area contributed by atoms with Gasteiger partial charge in [-0.25, -0.2) is 0 Å². The number of aromatic nitrogens is 1. The highest BCUT2D eigenvalue weighted by molar-refractivity contribution is 5.87. The molecule has 3 rings (SSSR count). The standard InChI is InChI=1S/C17H19N3O2/c1-3-16(21)20-9-7-14(11-20)18-13-5-4-12-6-8-19(2)17(22)15(12)10-13/h3-6,8,10,14,18H,1,7,9,11H2,2H3. The van der Waals surface area contributed by atoms with Crippen molar-refractivity contribution in [2.24, 2.45) is 7.05 Å². The van der Waals surface area contributed by atoms with Gasteiger partial charge in [-0.3, -0.25) is 9.59 Å². The van der Waals surface area contributed by atoms with E-state index in [2.05, 4.69) is 11.9 Å². The molecule has 5 heteroatoms. The monoisotopic (exact) mass is 297 g/mol. The summed E-state index contributed by atoms with van der Waals surface area (Å²) in [7, 11) is 1.75. The summed E-state index contributed by atoms with van der Waals surface area (Å²) in [6, 6.07) is 7.94. The molecule has 2 aromatic rings. The van der Waals surface area contributed by atoms with Crippen LogP contribution in [-0.4, -0.2) is 34.5 Å². The molecular formula is C17H19N3O2. The maximum absolute atomic E-state index is 12.2. The summed E-state index contributed by atoms with van der Waals surface area (Å²) in [6.45, 7) is 4.91. The average Bonchev–Trinajstić information content (AvgIpc) is 2.99. The highest BCUT2D eigenvalue weighted by atomic mass is 16.2. The second-order valence-corrected chi connectivity index (χ2v) is 5.65. The molecule has 1 amide bonds. The number of anilines is 1. The Labute approximate surface area is 128 Å². The first-order valence-electron chi connectivity index (χ1n) is 7.36. The van der Waals surface area contributed by atoms with Crippen molar-refractivity contribution in [3.8, 4) is 0 Å². The van der Waals surface area contributed by atoms with Crippen LogP contribution in [0.1, 0.15) is 6.42 Å². The van der Waals surface area contributed by atoms with Gasteiger partial charge >= 0.3 is 0 Å². The van der Waals surface area contributed by atoms with Crippen molar-refractivity contribution in [2.75, 3.05) is 18.4 Å². The molecule has 114 valence electrons. The maximum Gasteiger partial charge on any atom is 0.258 e. The summed E-state index contributed by atoms with van der Waals surface area (Å²) in [5, 5.41) is 5.05. The summed E-state index contributed by atoms with van der Waals surface area (Å²) in [6.07, 6.45) is 4.01. The molecule has 0 bridgehead atoms. The van der Waals surface area contributed by atoms with E-state index in [0.717, 1.165) is 24.0 Å². The Morgan fingerprint density at radius 1 is 1.41 bits per heavy atom. The van der Waals surface area contributed by atoms with Crippen LogP contribution in [0.25, 0.3) is 10.8 Å². The van der Waals surface area contributed by atoms with Crippen LogP contribution in [-0.2, 0) is 11.8 Å². The number of amides is 1. The fraction of sp³-hybridized carbons (Fsp3) is 0.294. The van der Waals surface area contributed by atoms with E-state index in [9.17, 15) is 9.59 Å². The van der Waals surface area contributed by atoms with E-state index in [1.807, 2.05) is 24.3 Å². The molecule has 1 fully saturated rings. The number of aryl methyl sites for hydroxylation is 1. The van der Waals surface area contributed by atoms with Crippen molar-refractivity contribution < 1.29 is 4.79 Å². The lowest BCUT2D eigenvalue weighted by Crippen LogP contribution is -2.30. The average molecular weight is 297 g/mol. The molecule has 1 aliphatic heterocycles. The molecule has 1 saturated heterocycles. The van der Waals surface area contributed by atoms with Gasteiger partial charge < -0.3 is 14.8 Å². The van der Waals surface area contributed by atoms with Gasteiger partial charge in [-0.1, -0.05) is 12.6 Å². The predicted molar refractivity (Wildman–Crippen MR) is 88.0 cm³/mol. The zero-order chi connectivity index (χ0) is 15.7. The van der Waals surface area contributed by atoms with Gasteiger partial charge in [0, 0.05) is 43.4 Å². The van der Waals surface area contributed by atoms with Gasteiger partial charge in [0.2, 0.25) is 5.91 Å². The van der Waals surface area contributed by atoms with Gasteiger partial charge in [0.05, 0.1) is 0 Å².